The number of alkyl halides is 1. The molecule has 0 heterocycles. The van der Waals surface area contributed by atoms with Crippen LogP contribution in [-0.2, 0) is 0 Å². The summed E-state index contributed by atoms with van der Waals surface area (Å²) in [6, 6.07) is 10.5. The Kier molecular flexibility index (Phi) is 3.22. The second-order valence-electron chi connectivity index (χ2n) is 3.68. The van der Waals surface area contributed by atoms with Crippen molar-refractivity contribution in [1.29, 1.82) is 0 Å². The molecule has 0 aromatic heterocycles. The molecule has 2 rings (SSSR count). The average Bonchev–Trinajstić information content (AvgIpc) is 2.41. The Morgan fingerprint density at radius 2 is 1.87 bits per heavy atom. The van der Waals surface area contributed by atoms with Crippen LogP contribution in [0, 0.1) is 0 Å². The highest BCUT2D eigenvalue weighted by atomic mass is 79.9. The Balaban J connectivity index is 2.39. The van der Waals surface area contributed by atoms with Crippen LogP contribution >= 0.6 is 15.9 Å². The highest BCUT2D eigenvalue weighted by Gasteiger charge is 2.03. The first kappa shape index (κ1) is 10.4. The predicted molar refractivity (Wildman–Crippen MR) is 70.0 cm³/mol. The van der Waals surface area contributed by atoms with Gasteiger partial charge in [-0.1, -0.05) is 76.1 Å². The van der Waals surface area contributed by atoms with Crippen LogP contribution in [0.5, 0.6) is 0 Å². The molecule has 0 saturated carbocycles. The first-order valence-corrected chi connectivity index (χ1v) is 5.95. The van der Waals surface area contributed by atoms with E-state index in [0.29, 0.717) is 4.83 Å². The lowest BCUT2D eigenvalue weighted by Crippen LogP contribution is -1.83. The van der Waals surface area contributed by atoms with Crippen LogP contribution < -0.4 is 0 Å². The summed E-state index contributed by atoms with van der Waals surface area (Å²) in [5, 5.41) is 0. The van der Waals surface area contributed by atoms with Crippen molar-refractivity contribution in [2.75, 3.05) is 0 Å². The van der Waals surface area contributed by atoms with E-state index < -0.39 is 0 Å². The van der Waals surface area contributed by atoms with E-state index in [1.165, 1.54) is 16.7 Å². The molecule has 76 valence electrons. The molecule has 0 radical (unpaired) electrons. The number of rotatable bonds is 1. The van der Waals surface area contributed by atoms with Crippen LogP contribution in [0.25, 0.3) is 5.57 Å². The number of hydrogen-bond acceptors (Lipinski definition) is 0. The Morgan fingerprint density at radius 3 is 2.60 bits per heavy atom. The Hall–Kier alpha value is -1.08. The monoisotopic (exact) mass is 260 g/mol. The largest absolute Gasteiger partial charge is 0.0799 e. The van der Waals surface area contributed by atoms with E-state index in [9.17, 15) is 0 Å². The Bertz CT molecular complexity index is 424. The second-order valence-corrected chi connectivity index (χ2v) is 4.74. The number of hydrogen-bond donors (Lipinski definition) is 0. The fourth-order valence-electron chi connectivity index (χ4n) is 1.65. The fourth-order valence-corrected chi connectivity index (χ4v) is 2.22. The molecule has 15 heavy (non-hydrogen) atoms. The molecule has 1 aromatic carbocycles. The average molecular weight is 261 g/mol. The topological polar surface area (TPSA) is 0 Å². The SMILES string of the molecule is CC1=CC(Br)C=CC(c2ccccc2)=C1. The standard InChI is InChI=1S/C14H13Br/c1-11-9-13(7-8-14(15)10-11)12-5-3-2-4-6-12/h2-10,14H,1H3. The van der Waals surface area contributed by atoms with E-state index in [2.05, 4.69) is 71.4 Å². The maximum Gasteiger partial charge on any atom is 0.0514 e. The number of allylic oxidation sites excluding steroid dienone is 6. The zero-order valence-corrected chi connectivity index (χ0v) is 10.2. The summed E-state index contributed by atoms with van der Waals surface area (Å²) in [5.74, 6) is 0. The minimum absolute atomic E-state index is 0.343. The molecule has 1 aliphatic carbocycles. The van der Waals surface area contributed by atoms with Gasteiger partial charge < -0.3 is 0 Å². The molecule has 1 heteroatoms. The molecule has 0 N–H and O–H groups in total. The van der Waals surface area contributed by atoms with Crippen LogP contribution in [0.15, 0.2) is 60.2 Å². The molecule has 1 unspecified atom stereocenters. The van der Waals surface area contributed by atoms with Gasteiger partial charge >= 0.3 is 0 Å². The third-order valence-corrected chi connectivity index (χ3v) is 2.94. The summed E-state index contributed by atoms with van der Waals surface area (Å²) in [7, 11) is 0. The van der Waals surface area contributed by atoms with Gasteiger partial charge in [0.25, 0.3) is 0 Å². The Morgan fingerprint density at radius 1 is 1.13 bits per heavy atom. The molecular weight excluding hydrogens is 248 g/mol. The van der Waals surface area contributed by atoms with Crippen LogP contribution in [-0.4, -0.2) is 4.83 Å². The van der Waals surface area contributed by atoms with Gasteiger partial charge in [0, 0.05) is 0 Å². The quantitative estimate of drug-likeness (QED) is 0.659. The summed E-state index contributed by atoms with van der Waals surface area (Å²) < 4.78 is 0. The molecule has 0 bridgehead atoms. The summed E-state index contributed by atoms with van der Waals surface area (Å²) in [6.45, 7) is 2.13. The molecule has 0 aliphatic heterocycles. The third-order valence-electron chi connectivity index (χ3n) is 2.37. The van der Waals surface area contributed by atoms with Gasteiger partial charge in [0.05, 0.1) is 4.83 Å². The molecular formula is C14H13Br. The van der Waals surface area contributed by atoms with Crippen molar-refractivity contribution in [2.45, 2.75) is 11.8 Å². The van der Waals surface area contributed by atoms with Crippen molar-refractivity contribution in [1.82, 2.24) is 0 Å². The highest BCUT2D eigenvalue weighted by Crippen LogP contribution is 2.22. The lowest BCUT2D eigenvalue weighted by Gasteiger charge is -2.01. The summed E-state index contributed by atoms with van der Waals surface area (Å²) in [6.07, 6.45) is 8.75. The number of halogens is 1. The van der Waals surface area contributed by atoms with E-state index in [4.69, 9.17) is 0 Å². The van der Waals surface area contributed by atoms with Gasteiger partial charge in [0.2, 0.25) is 0 Å². The maximum absolute atomic E-state index is 3.58. The van der Waals surface area contributed by atoms with E-state index in [1.807, 2.05) is 6.07 Å². The van der Waals surface area contributed by atoms with Crippen LogP contribution in [0.3, 0.4) is 0 Å². The van der Waals surface area contributed by atoms with Crippen LogP contribution in [0.1, 0.15) is 12.5 Å². The maximum atomic E-state index is 3.58. The molecule has 1 aromatic rings. The predicted octanol–water partition coefficient (Wildman–Crippen LogP) is 4.35. The summed E-state index contributed by atoms with van der Waals surface area (Å²) >= 11 is 3.58. The van der Waals surface area contributed by atoms with E-state index in [1.54, 1.807) is 0 Å². The molecule has 0 spiro atoms. The molecule has 0 amide bonds. The van der Waals surface area contributed by atoms with Crippen molar-refractivity contribution in [3.63, 3.8) is 0 Å². The second kappa shape index (κ2) is 4.63. The molecule has 1 atom stereocenters. The minimum Gasteiger partial charge on any atom is -0.0799 e. The van der Waals surface area contributed by atoms with E-state index in [-0.39, 0.29) is 0 Å². The summed E-state index contributed by atoms with van der Waals surface area (Å²) in [5.41, 5.74) is 3.83. The minimum atomic E-state index is 0.343. The third kappa shape index (κ3) is 2.69. The van der Waals surface area contributed by atoms with E-state index >= 15 is 0 Å². The Labute approximate surface area is 99.1 Å². The van der Waals surface area contributed by atoms with E-state index in [0.717, 1.165) is 0 Å². The zero-order valence-electron chi connectivity index (χ0n) is 8.65. The van der Waals surface area contributed by atoms with Crippen molar-refractivity contribution >= 4 is 21.5 Å². The summed E-state index contributed by atoms with van der Waals surface area (Å²) in [4.78, 5) is 0.343. The van der Waals surface area contributed by atoms with Crippen LogP contribution in [0.4, 0.5) is 0 Å². The van der Waals surface area contributed by atoms with Gasteiger partial charge in [-0.3, -0.25) is 0 Å². The first-order chi connectivity index (χ1) is 7.25. The molecule has 0 nitrogen and oxygen atoms in total. The van der Waals surface area contributed by atoms with Gasteiger partial charge in [0.1, 0.15) is 0 Å². The smallest absolute Gasteiger partial charge is 0.0514 e. The normalized spacial score (nSPS) is 20.5. The number of benzene rings is 1. The highest BCUT2D eigenvalue weighted by molar-refractivity contribution is 9.09. The van der Waals surface area contributed by atoms with Crippen LogP contribution in [0.2, 0.25) is 0 Å². The van der Waals surface area contributed by atoms with Crippen molar-refractivity contribution in [3.05, 3.63) is 65.8 Å². The molecule has 0 saturated heterocycles. The van der Waals surface area contributed by atoms with Crippen molar-refractivity contribution < 1.29 is 0 Å². The van der Waals surface area contributed by atoms with Gasteiger partial charge in [-0.2, -0.15) is 0 Å². The zero-order chi connectivity index (χ0) is 10.7. The molecule has 0 fully saturated rings. The van der Waals surface area contributed by atoms with Crippen molar-refractivity contribution in [2.24, 2.45) is 0 Å². The van der Waals surface area contributed by atoms with Gasteiger partial charge in [-0.05, 0) is 18.1 Å². The van der Waals surface area contributed by atoms with Crippen molar-refractivity contribution in [3.8, 4) is 0 Å². The lowest BCUT2D eigenvalue weighted by atomic mass is 10.0. The molecule has 1 aliphatic rings. The van der Waals surface area contributed by atoms with Gasteiger partial charge in [0.15, 0.2) is 0 Å². The first-order valence-electron chi connectivity index (χ1n) is 5.03. The van der Waals surface area contributed by atoms with Gasteiger partial charge in [-0.25, -0.2) is 0 Å². The van der Waals surface area contributed by atoms with Gasteiger partial charge in [-0.15, -0.1) is 0 Å². The lowest BCUT2D eigenvalue weighted by molar-refractivity contribution is 1.39. The fraction of sp³-hybridized carbons (Fsp3) is 0.143.